The maximum absolute atomic E-state index is 11.9. The number of amides is 1. The molecule has 86 valence electrons. The lowest BCUT2D eigenvalue weighted by Crippen LogP contribution is -2.40. The average Bonchev–Trinajstić information content (AvgIpc) is 2.31. The topological polar surface area (TPSA) is 77.2 Å². The number of nitrogens with zero attached hydrogens (tertiary/aromatic N) is 1. The molecule has 5 nitrogen and oxygen atoms in total. The van der Waals surface area contributed by atoms with Gasteiger partial charge in [-0.25, -0.2) is 0 Å². The number of nitrogen functional groups attached to an aromatic ring is 1. The molecule has 0 saturated carbocycles. The molecule has 0 spiro atoms. The van der Waals surface area contributed by atoms with E-state index in [4.69, 9.17) is 10.5 Å². The first-order valence-electron chi connectivity index (χ1n) is 5.35. The number of ether oxygens (including phenoxy) is 1. The van der Waals surface area contributed by atoms with E-state index in [1.54, 1.807) is 12.3 Å². The van der Waals surface area contributed by atoms with Gasteiger partial charge in [0.1, 0.15) is 0 Å². The Morgan fingerprint density at radius 3 is 3.19 bits per heavy atom. The molecule has 3 N–H and O–H groups in total. The molecule has 0 aliphatic carbocycles. The van der Waals surface area contributed by atoms with Crippen LogP contribution < -0.4 is 11.1 Å². The summed E-state index contributed by atoms with van der Waals surface area (Å²) in [6.07, 6.45) is 4.97. The highest BCUT2D eigenvalue weighted by atomic mass is 16.5. The summed E-state index contributed by atoms with van der Waals surface area (Å²) in [5, 5.41) is 2.90. The number of hydrogen-bond acceptors (Lipinski definition) is 4. The van der Waals surface area contributed by atoms with Gasteiger partial charge < -0.3 is 15.8 Å². The Balaban J connectivity index is 2.00. The summed E-state index contributed by atoms with van der Waals surface area (Å²) >= 11 is 0. The van der Waals surface area contributed by atoms with E-state index in [0.717, 1.165) is 19.4 Å². The fourth-order valence-electron chi connectivity index (χ4n) is 1.73. The van der Waals surface area contributed by atoms with E-state index >= 15 is 0 Å². The van der Waals surface area contributed by atoms with Crippen LogP contribution in [0.3, 0.4) is 0 Å². The zero-order valence-corrected chi connectivity index (χ0v) is 8.98. The fourth-order valence-corrected chi connectivity index (χ4v) is 1.73. The van der Waals surface area contributed by atoms with Gasteiger partial charge >= 0.3 is 0 Å². The van der Waals surface area contributed by atoms with Crippen LogP contribution in [0.1, 0.15) is 23.2 Å². The maximum Gasteiger partial charge on any atom is 0.253 e. The number of anilines is 1. The monoisotopic (exact) mass is 221 g/mol. The minimum Gasteiger partial charge on any atom is -0.397 e. The van der Waals surface area contributed by atoms with Gasteiger partial charge in [0, 0.05) is 12.8 Å². The van der Waals surface area contributed by atoms with Crippen LogP contribution in [0.2, 0.25) is 0 Å². The third-order valence-corrected chi connectivity index (χ3v) is 2.59. The first-order valence-corrected chi connectivity index (χ1v) is 5.35. The van der Waals surface area contributed by atoms with E-state index in [2.05, 4.69) is 10.3 Å². The first-order chi connectivity index (χ1) is 7.77. The Labute approximate surface area is 94.0 Å². The van der Waals surface area contributed by atoms with Gasteiger partial charge in [0.25, 0.3) is 5.91 Å². The van der Waals surface area contributed by atoms with Crippen LogP contribution in [0.15, 0.2) is 18.5 Å². The van der Waals surface area contributed by atoms with Gasteiger partial charge in [-0.2, -0.15) is 0 Å². The van der Waals surface area contributed by atoms with Gasteiger partial charge in [-0.3, -0.25) is 9.78 Å². The molecule has 2 rings (SSSR count). The van der Waals surface area contributed by atoms with Crippen LogP contribution in [-0.2, 0) is 4.74 Å². The molecule has 1 aromatic rings. The number of aromatic nitrogens is 1. The Morgan fingerprint density at radius 1 is 1.62 bits per heavy atom. The third kappa shape index (κ3) is 2.49. The van der Waals surface area contributed by atoms with E-state index < -0.39 is 0 Å². The lowest BCUT2D eigenvalue weighted by Gasteiger charge is -2.23. The summed E-state index contributed by atoms with van der Waals surface area (Å²) in [5.41, 5.74) is 6.54. The molecule has 1 amide bonds. The zero-order valence-electron chi connectivity index (χ0n) is 8.98. The Morgan fingerprint density at radius 2 is 2.50 bits per heavy atom. The maximum atomic E-state index is 11.9. The Kier molecular flexibility index (Phi) is 3.36. The standard InChI is InChI=1S/C11H15N3O2/c12-10-6-13-4-3-9(10)11(15)14-8-2-1-5-16-7-8/h3-4,6,8H,1-2,5,7,12H2,(H,14,15). The van der Waals surface area contributed by atoms with E-state index in [1.807, 2.05) is 0 Å². The average molecular weight is 221 g/mol. The summed E-state index contributed by atoms with van der Waals surface area (Å²) in [6.45, 7) is 1.36. The Bertz CT molecular complexity index is 375. The predicted octanol–water partition coefficient (Wildman–Crippen LogP) is 0.573. The highest BCUT2D eigenvalue weighted by Crippen LogP contribution is 2.11. The molecular formula is C11H15N3O2. The van der Waals surface area contributed by atoms with Crippen LogP contribution in [0.25, 0.3) is 0 Å². The number of hydrogen-bond donors (Lipinski definition) is 2. The lowest BCUT2D eigenvalue weighted by molar-refractivity contribution is 0.0624. The van der Waals surface area contributed by atoms with Gasteiger partial charge in [0.15, 0.2) is 0 Å². The molecule has 0 aromatic carbocycles. The number of pyridine rings is 1. The molecular weight excluding hydrogens is 206 g/mol. The van der Waals surface area contributed by atoms with Crippen molar-refractivity contribution in [2.24, 2.45) is 0 Å². The molecule has 1 saturated heterocycles. The molecule has 16 heavy (non-hydrogen) atoms. The predicted molar refractivity (Wildman–Crippen MR) is 60.0 cm³/mol. The number of rotatable bonds is 2. The molecule has 1 fully saturated rings. The highest BCUT2D eigenvalue weighted by molar-refractivity contribution is 5.98. The van der Waals surface area contributed by atoms with E-state index in [0.29, 0.717) is 17.9 Å². The van der Waals surface area contributed by atoms with Crippen molar-refractivity contribution in [1.82, 2.24) is 10.3 Å². The van der Waals surface area contributed by atoms with Crippen LogP contribution in [0.4, 0.5) is 5.69 Å². The van der Waals surface area contributed by atoms with Crippen molar-refractivity contribution in [1.29, 1.82) is 0 Å². The summed E-state index contributed by atoms with van der Waals surface area (Å²) in [7, 11) is 0. The lowest BCUT2D eigenvalue weighted by atomic mass is 10.1. The minimum absolute atomic E-state index is 0.0915. The molecule has 0 radical (unpaired) electrons. The van der Waals surface area contributed by atoms with E-state index in [9.17, 15) is 4.79 Å². The number of carbonyl (C=O) groups is 1. The van der Waals surface area contributed by atoms with Crippen molar-refractivity contribution < 1.29 is 9.53 Å². The molecule has 1 aliphatic heterocycles. The van der Waals surface area contributed by atoms with Crippen LogP contribution in [0.5, 0.6) is 0 Å². The van der Waals surface area contributed by atoms with Crippen molar-refractivity contribution in [3.8, 4) is 0 Å². The van der Waals surface area contributed by atoms with E-state index in [-0.39, 0.29) is 11.9 Å². The van der Waals surface area contributed by atoms with Crippen molar-refractivity contribution in [2.75, 3.05) is 18.9 Å². The largest absolute Gasteiger partial charge is 0.397 e. The smallest absolute Gasteiger partial charge is 0.253 e. The summed E-state index contributed by atoms with van der Waals surface area (Å²) < 4.78 is 5.29. The SMILES string of the molecule is Nc1cnccc1C(=O)NC1CCCOC1. The van der Waals surface area contributed by atoms with Gasteiger partial charge in [-0.05, 0) is 18.9 Å². The second-order valence-electron chi connectivity index (χ2n) is 3.85. The second-order valence-corrected chi connectivity index (χ2v) is 3.85. The number of carbonyl (C=O) groups excluding carboxylic acids is 1. The van der Waals surface area contributed by atoms with Crippen LogP contribution >= 0.6 is 0 Å². The number of nitrogens with one attached hydrogen (secondary N) is 1. The molecule has 1 atom stereocenters. The quantitative estimate of drug-likeness (QED) is 0.765. The summed E-state index contributed by atoms with van der Waals surface area (Å²) in [6, 6.07) is 1.71. The van der Waals surface area contributed by atoms with Gasteiger partial charge in [-0.15, -0.1) is 0 Å². The highest BCUT2D eigenvalue weighted by Gasteiger charge is 2.18. The molecule has 2 heterocycles. The van der Waals surface area contributed by atoms with E-state index in [1.165, 1.54) is 6.20 Å². The normalized spacial score (nSPS) is 20.4. The van der Waals surface area contributed by atoms with Gasteiger partial charge in [-0.1, -0.05) is 0 Å². The van der Waals surface area contributed by atoms with Crippen LogP contribution in [-0.4, -0.2) is 30.1 Å². The molecule has 5 heteroatoms. The van der Waals surface area contributed by atoms with Crippen molar-refractivity contribution in [3.63, 3.8) is 0 Å². The van der Waals surface area contributed by atoms with Gasteiger partial charge in [0.2, 0.25) is 0 Å². The molecule has 1 aliphatic rings. The molecule has 0 bridgehead atoms. The fraction of sp³-hybridized carbons (Fsp3) is 0.455. The summed E-state index contributed by atoms with van der Waals surface area (Å²) in [5.74, 6) is -0.157. The number of nitrogens with two attached hydrogens (primary N) is 1. The first kappa shape index (κ1) is 10.9. The van der Waals surface area contributed by atoms with Crippen LogP contribution in [0, 0.1) is 0 Å². The minimum atomic E-state index is -0.157. The zero-order chi connectivity index (χ0) is 11.4. The summed E-state index contributed by atoms with van der Waals surface area (Å²) in [4.78, 5) is 15.7. The molecule has 1 aromatic heterocycles. The van der Waals surface area contributed by atoms with Gasteiger partial charge in [0.05, 0.1) is 30.1 Å². The molecule has 1 unspecified atom stereocenters. The second kappa shape index (κ2) is 4.94. The van der Waals surface area contributed by atoms with Crippen molar-refractivity contribution in [2.45, 2.75) is 18.9 Å². The van der Waals surface area contributed by atoms with Crippen molar-refractivity contribution >= 4 is 11.6 Å². The Hall–Kier alpha value is -1.62. The third-order valence-electron chi connectivity index (χ3n) is 2.59. The van der Waals surface area contributed by atoms with Crippen molar-refractivity contribution in [3.05, 3.63) is 24.0 Å².